The molecule has 0 heterocycles. The standard InChI is InChI=1S/C20H25F3N2O/c1-24(2)15-17-13-18(20(21,22)23)9-10-19(17)26-12-11-25(3)14-16-7-5-4-6-8-16/h4-10,13H,11-12,14-15H2,1-3H3. The molecular formula is C20H25F3N2O. The zero-order valence-electron chi connectivity index (χ0n) is 15.4. The van der Waals surface area contributed by atoms with E-state index < -0.39 is 11.7 Å². The summed E-state index contributed by atoms with van der Waals surface area (Å²) >= 11 is 0. The molecule has 0 saturated heterocycles. The van der Waals surface area contributed by atoms with Crippen molar-refractivity contribution in [2.45, 2.75) is 19.3 Å². The van der Waals surface area contributed by atoms with Gasteiger partial charge in [0, 0.05) is 25.2 Å². The van der Waals surface area contributed by atoms with Gasteiger partial charge in [-0.3, -0.25) is 4.90 Å². The van der Waals surface area contributed by atoms with Crippen molar-refractivity contribution in [3.8, 4) is 5.75 Å². The van der Waals surface area contributed by atoms with E-state index >= 15 is 0 Å². The van der Waals surface area contributed by atoms with E-state index in [1.165, 1.54) is 17.7 Å². The SMILES string of the molecule is CN(C)Cc1cc(C(F)(F)F)ccc1OCCN(C)Cc1ccccc1. The Morgan fingerprint density at radius 3 is 2.23 bits per heavy atom. The number of ether oxygens (including phenoxy) is 1. The molecule has 0 aliphatic carbocycles. The number of alkyl halides is 3. The monoisotopic (exact) mass is 366 g/mol. The molecule has 0 spiro atoms. The van der Waals surface area contributed by atoms with Crippen molar-refractivity contribution in [3.05, 3.63) is 65.2 Å². The molecule has 3 nitrogen and oxygen atoms in total. The summed E-state index contributed by atoms with van der Waals surface area (Å²) < 4.78 is 44.6. The summed E-state index contributed by atoms with van der Waals surface area (Å²) in [6.45, 7) is 2.27. The third kappa shape index (κ3) is 6.35. The van der Waals surface area contributed by atoms with E-state index in [1.807, 2.05) is 44.2 Å². The van der Waals surface area contributed by atoms with Gasteiger partial charge in [0.2, 0.25) is 0 Å². The largest absolute Gasteiger partial charge is 0.492 e. The molecule has 0 atom stereocenters. The molecule has 0 aliphatic heterocycles. The second kappa shape index (κ2) is 9.05. The number of likely N-dealkylation sites (N-methyl/N-ethyl adjacent to an activating group) is 1. The molecule has 6 heteroatoms. The van der Waals surface area contributed by atoms with Crippen LogP contribution < -0.4 is 4.74 Å². The van der Waals surface area contributed by atoms with Crippen LogP contribution in [0.2, 0.25) is 0 Å². The number of halogens is 3. The molecular weight excluding hydrogens is 341 g/mol. The second-order valence-corrected chi connectivity index (χ2v) is 6.63. The molecule has 0 bridgehead atoms. The van der Waals surface area contributed by atoms with E-state index in [4.69, 9.17) is 4.74 Å². The van der Waals surface area contributed by atoms with Crippen LogP contribution in [0, 0.1) is 0 Å². The van der Waals surface area contributed by atoms with E-state index in [0.29, 0.717) is 31.0 Å². The summed E-state index contributed by atoms with van der Waals surface area (Å²) in [4.78, 5) is 3.94. The highest BCUT2D eigenvalue weighted by molar-refractivity contribution is 5.38. The minimum atomic E-state index is -4.35. The Balaban J connectivity index is 1.97. The van der Waals surface area contributed by atoms with Crippen molar-refractivity contribution >= 4 is 0 Å². The topological polar surface area (TPSA) is 15.7 Å². The fourth-order valence-electron chi connectivity index (χ4n) is 2.65. The van der Waals surface area contributed by atoms with Gasteiger partial charge in [-0.25, -0.2) is 0 Å². The van der Waals surface area contributed by atoms with E-state index in [1.54, 1.807) is 0 Å². The molecule has 0 amide bonds. The molecule has 2 rings (SSSR count). The lowest BCUT2D eigenvalue weighted by atomic mass is 10.1. The van der Waals surface area contributed by atoms with Crippen molar-refractivity contribution < 1.29 is 17.9 Å². The fourth-order valence-corrected chi connectivity index (χ4v) is 2.65. The smallest absolute Gasteiger partial charge is 0.416 e. The molecule has 0 saturated carbocycles. The fraction of sp³-hybridized carbons (Fsp3) is 0.400. The van der Waals surface area contributed by atoms with Crippen LogP contribution in [0.3, 0.4) is 0 Å². The van der Waals surface area contributed by atoms with Crippen LogP contribution in [-0.4, -0.2) is 44.1 Å². The maximum Gasteiger partial charge on any atom is 0.416 e. The molecule has 0 aromatic heterocycles. The minimum absolute atomic E-state index is 0.388. The first-order valence-electron chi connectivity index (χ1n) is 8.46. The predicted molar refractivity (Wildman–Crippen MR) is 97.1 cm³/mol. The number of hydrogen-bond donors (Lipinski definition) is 0. The lowest BCUT2D eigenvalue weighted by Crippen LogP contribution is -2.24. The van der Waals surface area contributed by atoms with Crippen molar-refractivity contribution in [1.29, 1.82) is 0 Å². The minimum Gasteiger partial charge on any atom is -0.492 e. The Hall–Kier alpha value is -2.05. The molecule has 142 valence electrons. The van der Waals surface area contributed by atoms with E-state index in [2.05, 4.69) is 17.0 Å². The quantitative estimate of drug-likeness (QED) is 0.694. The van der Waals surface area contributed by atoms with Gasteiger partial charge in [0.05, 0.1) is 5.56 Å². The molecule has 2 aromatic carbocycles. The van der Waals surface area contributed by atoms with Crippen molar-refractivity contribution in [2.24, 2.45) is 0 Å². The number of hydrogen-bond acceptors (Lipinski definition) is 3. The molecule has 0 fully saturated rings. The first kappa shape index (κ1) is 20.3. The lowest BCUT2D eigenvalue weighted by molar-refractivity contribution is -0.137. The summed E-state index contributed by atoms with van der Waals surface area (Å²) in [6, 6.07) is 13.7. The van der Waals surface area contributed by atoms with Gasteiger partial charge in [-0.2, -0.15) is 13.2 Å². The van der Waals surface area contributed by atoms with Gasteiger partial charge in [-0.15, -0.1) is 0 Å². The van der Waals surface area contributed by atoms with Gasteiger partial charge in [0.25, 0.3) is 0 Å². The molecule has 0 N–H and O–H groups in total. The maximum atomic E-state index is 12.9. The van der Waals surface area contributed by atoms with Crippen LogP contribution in [0.5, 0.6) is 5.75 Å². The van der Waals surface area contributed by atoms with Crippen molar-refractivity contribution in [1.82, 2.24) is 9.80 Å². The Kier molecular flexibility index (Phi) is 7.06. The van der Waals surface area contributed by atoms with Gasteiger partial charge < -0.3 is 9.64 Å². The van der Waals surface area contributed by atoms with Crippen molar-refractivity contribution in [3.63, 3.8) is 0 Å². The zero-order valence-corrected chi connectivity index (χ0v) is 15.4. The average molecular weight is 366 g/mol. The summed E-state index contributed by atoms with van der Waals surface area (Å²) in [5.41, 5.74) is 1.09. The molecule has 0 unspecified atom stereocenters. The highest BCUT2D eigenvalue weighted by Crippen LogP contribution is 2.33. The van der Waals surface area contributed by atoms with Gasteiger partial charge >= 0.3 is 6.18 Å². The van der Waals surface area contributed by atoms with Gasteiger partial charge in [-0.1, -0.05) is 30.3 Å². The Bertz CT molecular complexity index is 687. The Labute approximate surface area is 153 Å². The van der Waals surface area contributed by atoms with E-state index in [0.717, 1.165) is 12.6 Å². The summed E-state index contributed by atoms with van der Waals surface area (Å²) in [7, 11) is 5.62. The highest BCUT2D eigenvalue weighted by atomic mass is 19.4. The predicted octanol–water partition coefficient (Wildman–Crippen LogP) is 4.28. The van der Waals surface area contributed by atoms with Crippen LogP contribution in [0.1, 0.15) is 16.7 Å². The van der Waals surface area contributed by atoms with Crippen LogP contribution in [0.25, 0.3) is 0 Å². The lowest BCUT2D eigenvalue weighted by Gasteiger charge is -2.20. The highest BCUT2D eigenvalue weighted by Gasteiger charge is 2.31. The first-order chi connectivity index (χ1) is 12.3. The van der Waals surface area contributed by atoms with Crippen LogP contribution >= 0.6 is 0 Å². The van der Waals surface area contributed by atoms with Gasteiger partial charge in [-0.05, 0) is 44.9 Å². The van der Waals surface area contributed by atoms with Crippen LogP contribution in [0.15, 0.2) is 48.5 Å². The normalized spacial score (nSPS) is 12.0. The van der Waals surface area contributed by atoms with Gasteiger partial charge in [0.1, 0.15) is 12.4 Å². The molecule has 2 aromatic rings. The summed E-state index contributed by atoms with van der Waals surface area (Å²) in [5.74, 6) is 0.500. The third-order valence-electron chi connectivity index (χ3n) is 3.90. The molecule has 26 heavy (non-hydrogen) atoms. The Morgan fingerprint density at radius 1 is 0.923 bits per heavy atom. The molecule has 0 aliphatic rings. The van der Waals surface area contributed by atoms with Crippen LogP contribution in [-0.2, 0) is 19.3 Å². The van der Waals surface area contributed by atoms with Crippen molar-refractivity contribution in [2.75, 3.05) is 34.3 Å². The van der Waals surface area contributed by atoms with Crippen LogP contribution in [0.4, 0.5) is 13.2 Å². The van der Waals surface area contributed by atoms with E-state index in [9.17, 15) is 13.2 Å². The van der Waals surface area contributed by atoms with E-state index in [-0.39, 0.29) is 0 Å². The average Bonchev–Trinajstić information content (AvgIpc) is 2.55. The number of nitrogens with zero attached hydrogens (tertiary/aromatic N) is 2. The van der Waals surface area contributed by atoms with Gasteiger partial charge in [0.15, 0.2) is 0 Å². The summed E-state index contributed by atoms with van der Waals surface area (Å²) in [6.07, 6.45) is -4.35. The first-order valence-corrected chi connectivity index (χ1v) is 8.46. The maximum absolute atomic E-state index is 12.9. The number of rotatable bonds is 8. The summed E-state index contributed by atoms with van der Waals surface area (Å²) in [5, 5.41) is 0. The second-order valence-electron chi connectivity index (χ2n) is 6.63. The number of benzene rings is 2. The Morgan fingerprint density at radius 2 is 1.62 bits per heavy atom. The zero-order chi connectivity index (χ0) is 19.2. The molecule has 0 radical (unpaired) electrons. The third-order valence-corrected chi connectivity index (χ3v) is 3.90.